The molecule has 202 valence electrons. The van der Waals surface area contributed by atoms with E-state index < -0.39 is 35.6 Å². The SMILES string of the molecule is CCCN(CC(=O)NC(CCCCN)C(=O)N[C@@H](C=O)Cc1ccc(C(F)(F)F)cc1)C(=O)CNC. The number of halogens is 3. The van der Waals surface area contributed by atoms with Gasteiger partial charge in [0.05, 0.1) is 24.7 Å². The number of carbonyl (C=O) groups excluding carboxylic acids is 4. The highest BCUT2D eigenvalue weighted by molar-refractivity contribution is 5.91. The number of carbonyl (C=O) groups is 4. The third kappa shape index (κ3) is 11.2. The van der Waals surface area contributed by atoms with Crippen molar-refractivity contribution in [2.24, 2.45) is 5.73 Å². The van der Waals surface area contributed by atoms with Crippen molar-refractivity contribution in [3.05, 3.63) is 35.4 Å². The number of alkyl halides is 3. The van der Waals surface area contributed by atoms with E-state index in [-0.39, 0.29) is 31.8 Å². The molecule has 36 heavy (non-hydrogen) atoms. The molecular formula is C24H36F3N5O4. The van der Waals surface area contributed by atoms with Crippen LogP contribution < -0.4 is 21.7 Å². The van der Waals surface area contributed by atoms with Gasteiger partial charge in [-0.25, -0.2) is 0 Å². The van der Waals surface area contributed by atoms with Crippen LogP contribution in [0.15, 0.2) is 24.3 Å². The highest BCUT2D eigenvalue weighted by Crippen LogP contribution is 2.29. The minimum atomic E-state index is -4.48. The highest BCUT2D eigenvalue weighted by Gasteiger charge is 2.30. The number of hydrogen-bond acceptors (Lipinski definition) is 6. The molecule has 0 heterocycles. The molecule has 0 radical (unpaired) electrons. The Morgan fingerprint density at radius 3 is 2.31 bits per heavy atom. The van der Waals surface area contributed by atoms with Crippen LogP contribution >= 0.6 is 0 Å². The number of aldehydes is 1. The summed E-state index contributed by atoms with van der Waals surface area (Å²) in [6, 6.07) is 2.34. The summed E-state index contributed by atoms with van der Waals surface area (Å²) in [6.45, 7) is 2.49. The Balaban J connectivity index is 2.86. The van der Waals surface area contributed by atoms with Crippen LogP contribution in [0, 0.1) is 0 Å². The van der Waals surface area contributed by atoms with Crippen LogP contribution in [0.25, 0.3) is 0 Å². The Morgan fingerprint density at radius 2 is 1.78 bits per heavy atom. The molecule has 2 atom stereocenters. The number of nitrogens with two attached hydrogens (primary N) is 1. The lowest BCUT2D eigenvalue weighted by atomic mass is 10.0. The predicted octanol–water partition coefficient (Wildman–Crippen LogP) is 1.00. The lowest BCUT2D eigenvalue weighted by molar-refractivity contribution is -0.137. The van der Waals surface area contributed by atoms with Gasteiger partial charge in [-0.15, -0.1) is 0 Å². The van der Waals surface area contributed by atoms with Crippen LogP contribution in [0.2, 0.25) is 0 Å². The van der Waals surface area contributed by atoms with Crippen molar-refractivity contribution in [2.75, 3.05) is 33.2 Å². The molecule has 0 saturated carbocycles. The first-order valence-electron chi connectivity index (χ1n) is 11.9. The van der Waals surface area contributed by atoms with Gasteiger partial charge in [0.25, 0.3) is 0 Å². The van der Waals surface area contributed by atoms with Gasteiger partial charge in [-0.1, -0.05) is 19.1 Å². The molecule has 0 aliphatic heterocycles. The highest BCUT2D eigenvalue weighted by atomic mass is 19.4. The number of amides is 3. The summed E-state index contributed by atoms with van der Waals surface area (Å²) < 4.78 is 38.3. The topological polar surface area (TPSA) is 134 Å². The standard InChI is InChI=1S/C24H36F3N5O4/c1-3-12-32(22(35)14-29-2)15-21(34)31-20(6-4-5-11-28)23(36)30-19(16-33)13-17-7-9-18(10-8-17)24(25,26)27/h7-10,16,19-20,29H,3-6,11-15,28H2,1-2H3,(H,30,36)(H,31,34)/t19-,20?/m1/s1. The monoisotopic (exact) mass is 515 g/mol. The summed E-state index contributed by atoms with van der Waals surface area (Å²) >= 11 is 0. The number of nitrogens with one attached hydrogen (secondary N) is 3. The lowest BCUT2D eigenvalue weighted by Gasteiger charge is -2.24. The van der Waals surface area contributed by atoms with Crippen LogP contribution in [0.1, 0.15) is 43.7 Å². The number of nitrogens with zero attached hydrogens (tertiary/aromatic N) is 1. The number of likely N-dealkylation sites (N-methyl/N-ethyl adjacent to an activating group) is 1. The average Bonchev–Trinajstić information content (AvgIpc) is 2.82. The Labute approximate surface area is 209 Å². The first-order valence-corrected chi connectivity index (χ1v) is 11.9. The van der Waals surface area contributed by atoms with E-state index in [9.17, 15) is 32.3 Å². The fraction of sp³-hybridized carbons (Fsp3) is 0.583. The molecule has 1 aromatic rings. The fourth-order valence-electron chi connectivity index (χ4n) is 3.50. The summed E-state index contributed by atoms with van der Waals surface area (Å²) in [6.07, 6.45) is -1.93. The molecule has 5 N–H and O–H groups in total. The molecular weight excluding hydrogens is 479 g/mol. The van der Waals surface area contributed by atoms with Gasteiger partial charge in [0.2, 0.25) is 17.7 Å². The van der Waals surface area contributed by atoms with Crippen LogP contribution in [-0.4, -0.2) is 74.2 Å². The molecule has 3 amide bonds. The van der Waals surface area contributed by atoms with E-state index in [0.29, 0.717) is 44.2 Å². The van der Waals surface area contributed by atoms with E-state index in [1.165, 1.54) is 17.0 Å². The van der Waals surface area contributed by atoms with Crippen molar-refractivity contribution >= 4 is 24.0 Å². The maximum Gasteiger partial charge on any atom is 0.416 e. The molecule has 0 bridgehead atoms. The van der Waals surface area contributed by atoms with Gasteiger partial charge in [0.15, 0.2) is 0 Å². The normalized spacial score (nSPS) is 12.9. The van der Waals surface area contributed by atoms with Crippen LogP contribution in [0.4, 0.5) is 13.2 Å². The number of unbranched alkanes of at least 4 members (excludes halogenated alkanes) is 1. The first-order chi connectivity index (χ1) is 17.0. The lowest BCUT2D eigenvalue weighted by Crippen LogP contribution is -2.53. The van der Waals surface area contributed by atoms with E-state index in [1.807, 2.05) is 6.92 Å². The second kappa shape index (κ2) is 15.9. The molecule has 9 nitrogen and oxygen atoms in total. The van der Waals surface area contributed by atoms with Gasteiger partial charge in [-0.3, -0.25) is 14.4 Å². The molecule has 1 aromatic carbocycles. The van der Waals surface area contributed by atoms with Crippen molar-refractivity contribution in [1.82, 2.24) is 20.9 Å². The van der Waals surface area contributed by atoms with Crippen LogP contribution in [-0.2, 0) is 31.8 Å². The quantitative estimate of drug-likeness (QED) is 0.192. The number of hydrogen-bond donors (Lipinski definition) is 4. The Kier molecular flexibility index (Phi) is 13.7. The van der Waals surface area contributed by atoms with E-state index >= 15 is 0 Å². The Bertz CT molecular complexity index is 849. The van der Waals surface area contributed by atoms with Crippen molar-refractivity contribution in [1.29, 1.82) is 0 Å². The van der Waals surface area contributed by atoms with Gasteiger partial charge in [0, 0.05) is 6.54 Å². The molecule has 0 saturated heterocycles. The molecule has 0 aliphatic rings. The maximum absolute atomic E-state index is 12.9. The van der Waals surface area contributed by atoms with Gasteiger partial charge < -0.3 is 31.4 Å². The smallest absolute Gasteiger partial charge is 0.344 e. The predicted molar refractivity (Wildman–Crippen MR) is 129 cm³/mol. The van der Waals surface area contributed by atoms with Crippen LogP contribution in [0.5, 0.6) is 0 Å². The molecule has 0 aliphatic carbocycles. The Hall–Kier alpha value is -2.99. The van der Waals surface area contributed by atoms with E-state index in [2.05, 4.69) is 16.0 Å². The Morgan fingerprint density at radius 1 is 1.11 bits per heavy atom. The maximum atomic E-state index is 12.9. The average molecular weight is 516 g/mol. The zero-order valence-electron chi connectivity index (χ0n) is 20.7. The molecule has 1 unspecified atom stereocenters. The van der Waals surface area contributed by atoms with E-state index in [4.69, 9.17) is 5.73 Å². The van der Waals surface area contributed by atoms with Crippen LogP contribution in [0.3, 0.4) is 0 Å². The van der Waals surface area contributed by atoms with E-state index in [0.717, 1.165) is 12.1 Å². The molecule has 0 spiro atoms. The van der Waals surface area contributed by atoms with Crippen molar-refractivity contribution < 1.29 is 32.3 Å². The minimum absolute atomic E-state index is 0.0142. The van der Waals surface area contributed by atoms with Gasteiger partial charge >= 0.3 is 6.18 Å². The molecule has 0 fully saturated rings. The fourth-order valence-corrected chi connectivity index (χ4v) is 3.50. The molecule has 12 heteroatoms. The van der Waals surface area contributed by atoms with Gasteiger partial charge in [0.1, 0.15) is 12.3 Å². The summed E-state index contributed by atoms with van der Waals surface area (Å²) in [7, 11) is 1.62. The van der Waals surface area contributed by atoms with Gasteiger partial charge in [-0.2, -0.15) is 13.2 Å². The van der Waals surface area contributed by atoms with Crippen molar-refractivity contribution in [3.8, 4) is 0 Å². The summed E-state index contributed by atoms with van der Waals surface area (Å²) in [5.74, 6) is -1.38. The zero-order chi connectivity index (χ0) is 27.1. The van der Waals surface area contributed by atoms with E-state index in [1.54, 1.807) is 7.05 Å². The largest absolute Gasteiger partial charge is 0.416 e. The first kappa shape index (κ1) is 31.0. The van der Waals surface area contributed by atoms with Gasteiger partial charge in [-0.05, 0) is 63.4 Å². The van der Waals surface area contributed by atoms with Crippen molar-refractivity contribution in [2.45, 2.75) is 57.3 Å². The second-order valence-corrected chi connectivity index (χ2v) is 8.40. The number of benzene rings is 1. The second-order valence-electron chi connectivity index (χ2n) is 8.40. The summed E-state index contributed by atoms with van der Waals surface area (Å²) in [5.41, 5.74) is 5.14. The van der Waals surface area contributed by atoms with Crippen molar-refractivity contribution in [3.63, 3.8) is 0 Å². The third-order valence-electron chi connectivity index (χ3n) is 5.34. The molecule has 1 rings (SSSR count). The zero-order valence-corrected chi connectivity index (χ0v) is 20.7. The molecule has 0 aromatic heterocycles. The number of rotatable bonds is 16. The summed E-state index contributed by atoms with van der Waals surface area (Å²) in [4.78, 5) is 50.8. The minimum Gasteiger partial charge on any atom is -0.344 e. The summed E-state index contributed by atoms with van der Waals surface area (Å²) in [5, 5.41) is 7.92. The third-order valence-corrected chi connectivity index (χ3v) is 5.34.